The fraction of sp³-hybridized carbons (Fsp3) is 0.600. The molecule has 0 saturated heterocycles. The summed E-state index contributed by atoms with van der Waals surface area (Å²) >= 11 is 0. The van der Waals surface area contributed by atoms with Gasteiger partial charge < -0.3 is 5.32 Å². The Morgan fingerprint density at radius 1 is 1.25 bits per heavy atom. The number of benzene rings is 1. The summed E-state index contributed by atoms with van der Waals surface area (Å²) in [6.07, 6.45) is 5.23. The highest BCUT2D eigenvalue weighted by Gasteiger charge is 2.28. The largest absolute Gasteiger partial charge is 0.311 e. The third-order valence-electron chi connectivity index (χ3n) is 3.65. The van der Waals surface area contributed by atoms with Crippen LogP contribution < -0.4 is 5.32 Å². The molecule has 1 N–H and O–H groups in total. The van der Waals surface area contributed by atoms with Crippen molar-refractivity contribution in [3.8, 4) is 0 Å². The first-order valence-electron chi connectivity index (χ1n) is 6.59. The summed E-state index contributed by atoms with van der Waals surface area (Å²) in [6.45, 7) is 4.62. The van der Waals surface area contributed by atoms with E-state index in [-0.39, 0.29) is 0 Å². The summed E-state index contributed by atoms with van der Waals surface area (Å²) in [5.41, 5.74) is 1.45. The number of hydrogen-bond acceptors (Lipinski definition) is 1. The average molecular weight is 217 g/mol. The zero-order valence-electron chi connectivity index (χ0n) is 10.4. The van der Waals surface area contributed by atoms with Crippen LogP contribution in [-0.4, -0.2) is 12.1 Å². The Balaban J connectivity index is 1.85. The molecule has 1 aromatic carbocycles. The van der Waals surface area contributed by atoms with Crippen molar-refractivity contribution in [2.45, 2.75) is 51.6 Å². The van der Waals surface area contributed by atoms with Crippen LogP contribution in [0.5, 0.6) is 0 Å². The van der Waals surface area contributed by atoms with Crippen molar-refractivity contribution in [3.05, 3.63) is 35.9 Å². The van der Waals surface area contributed by atoms with Gasteiger partial charge >= 0.3 is 0 Å². The highest BCUT2D eigenvalue weighted by atomic mass is 15.0. The van der Waals surface area contributed by atoms with Gasteiger partial charge in [-0.05, 0) is 44.1 Å². The van der Waals surface area contributed by atoms with Crippen LogP contribution in [0.15, 0.2) is 30.3 Å². The minimum Gasteiger partial charge on any atom is -0.311 e. The van der Waals surface area contributed by atoms with Crippen molar-refractivity contribution in [3.63, 3.8) is 0 Å². The van der Waals surface area contributed by atoms with E-state index >= 15 is 0 Å². The molecule has 1 fully saturated rings. The lowest BCUT2D eigenvalue weighted by Crippen LogP contribution is -2.38. The molecule has 88 valence electrons. The number of rotatable bonds is 6. The first-order chi connectivity index (χ1) is 7.79. The van der Waals surface area contributed by atoms with Crippen molar-refractivity contribution in [2.24, 2.45) is 5.92 Å². The van der Waals surface area contributed by atoms with E-state index in [2.05, 4.69) is 49.5 Å². The topological polar surface area (TPSA) is 12.0 Å². The molecule has 1 aliphatic rings. The van der Waals surface area contributed by atoms with Gasteiger partial charge in [-0.2, -0.15) is 0 Å². The summed E-state index contributed by atoms with van der Waals surface area (Å²) in [7, 11) is 0. The Morgan fingerprint density at radius 3 is 2.50 bits per heavy atom. The Kier molecular flexibility index (Phi) is 4.00. The molecule has 0 heterocycles. The minimum atomic E-state index is 0.637. The molecule has 2 rings (SSSR count). The van der Waals surface area contributed by atoms with E-state index in [1.165, 1.54) is 24.8 Å². The number of hydrogen-bond donors (Lipinski definition) is 1. The molecule has 0 spiro atoms. The van der Waals surface area contributed by atoms with E-state index in [0.717, 1.165) is 12.3 Å². The van der Waals surface area contributed by atoms with Crippen LogP contribution in [0.1, 0.15) is 38.7 Å². The first-order valence-corrected chi connectivity index (χ1v) is 6.59. The zero-order chi connectivity index (χ0) is 11.4. The van der Waals surface area contributed by atoms with Crippen LogP contribution in [-0.2, 0) is 6.42 Å². The van der Waals surface area contributed by atoms with Crippen LogP contribution in [0.3, 0.4) is 0 Å². The SMILES string of the molecule is CCC(Cc1ccccc1)NC(C)C1CC1. The molecule has 16 heavy (non-hydrogen) atoms. The average Bonchev–Trinajstić information content (AvgIpc) is 3.13. The second-order valence-corrected chi connectivity index (χ2v) is 5.09. The Bertz CT molecular complexity index is 302. The lowest BCUT2D eigenvalue weighted by Gasteiger charge is -2.22. The maximum atomic E-state index is 3.78. The van der Waals surface area contributed by atoms with Crippen LogP contribution >= 0.6 is 0 Å². The first kappa shape index (κ1) is 11.7. The molecule has 1 aliphatic carbocycles. The molecule has 2 unspecified atom stereocenters. The van der Waals surface area contributed by atoms with Crippen molar-refractivity contribution < 1.29 is 0 Å². The predicted molar refractivity (Wildman–Crippen MR) is 69.5 cm³/mol. The molecule has 0 aliphatic heterocycles. The molecular formula is C15H23N. The normalized spacial score (nSPS) is 19.4. The fourth-order valence-corrected chi connectivity index (χ4v) is 2.32. The second-order valence-electron chi connectivity index (χ2n) is 5.09. The third-order valence-corrected chi connectivity index (χ3v) is 3.65. The molecular weight excluding hydrogens is 194 g/mol. The van der Waals surface area contributed by atoms with Crippen molar-refractivity contribution in [2.75, 3.05) is 0 Å². The molecule has 0 bridgehead atoms. The van der Waals surface area contributed by atoms with E-state index in [1.54, 1.807) is 0 Å². The molecule has 1 saturated carbocycles. The molecule has 2 atom stereocenters. The summed E-state index contributed by atoms with van der Waals surface area (Å²) in [6, 6.07) is 12.1. The Hall–Kier alpha value is -0.820. The van der Waals surface area contributed by atoms with Gasteiger partial charge in [0, 0.05) is 12.1 Å². The van der Waals surface area contributed by atoms with Gasteiger partial charge in [0.15, 0.2) is 0 Å². The second kappa shape index (κ2) is 5.49. The van der Waals surface area contributed by atoms with Crippen molar-refractivity contribution >= 4 is 0 Å². The molecule has 0 aromatic heterocycles. The zero-order valence-corrected chi connectivity index (χ0v) is 10.4. The van der Waals surface area contributed by atoms with Gasteiger partial charge in [0.05, 0.1) is 0 Å². The molecule has 1 aromatic rings. The monoisotopic (exact) mass is 217 g/mol. The quantitative estimate of drug-likeness (QED) is 0.770. The maximum absolute atomic E-state index is 3.78. The van der Waals surface area contributed by atoms with Crippen molar-refractivity contribution in [1.29, 1.82) is 0 Å². The highest BCUT2D eigenvalue weighted by molar-refractivity contribution is 5.15. The fourth-order valence-electron chi connectivity index (χ4n) is 2.32. The van der Waals surface area contributed by atoms with E-state index in [9.17, 15) is 0 Å². The smallest absolute Gasteiger partial charge is 0.0107 e. The van der Waals surface area contributed by atoms with Gasteiger partial charge in [0.1, 0.15) is 0 Å². The molecule has 1 nitrogen and oxygen atoms in total. The summed E-state index contributed by atoms with van der Waals surface area (Å²) in [4.78, 5) is 0. The summed E-state index contributed by atoms with van der Waals surface area (Å²) < 4.78 is 0. The van der Waals surface area contributed by atoms with E-state index in [0.29, 0.717) is 12.1 Å². The van der Waals surface area contributed by atoms with Gasteiger partial charge in [0.25, 0.3) is 0 Å². The summed E-state index contributed by atoms with van der Waals surface area (Å²) in [5, 5.41) is 3.78. The lowest BCUT2D eigenvalue weighted by molar-refractivity contribution is 0.403. The number of nitrogens with one attached hydrogen (secondary N) is 1. The molecule has 0 radical (unpaired) electrons. The van der Waals surface area contributed by atoms with Gasteiger partial charge in [-0.25, -0.2) is 0 Å². The van der Waals surface area contributed by atoms with Crippen LogP contribution in [0.2, 0.25) is 0 Å². The Morgan fingerprint density at radius 2 is 1.94 bits per heavy atom. The van der Waals surface area contributed by atoms with Gasteiger partial charge in [-0.3, -0.25) is 0 Å². The van der Waals surface area contributed by atoms with Gasteiger partial charge in [0.2, 0.25) is 0 Å². The van der Waals surface area contributed by atoms with Gasteiger partial charge in [-0.1, -0.05) is 37.3 Å². The lowest BCUT2D eigenvalue weighted by atomic mass is 10.0. The van der Waals surface area contributed by atoms with Crippen LogP contribution in [0.4, 0.5) is 0 Å². The van der Waals surface area contributed by atoms with E-state index in [4.69, 9.17) is 0 Å². The molecule has 0 amide bonds. The maximum Gasteiger partial charge on any atom is 0.0107 e. The van der Waals surface area contributed by atoms with Crippen LogP contribution in [0, 0.1) is 5.92 Å². The molecule has 1 heteroatoms. The standard InChI is InChI=1S/C15H23N/c1-3-15(16-12(2)14-9-10-14)11-13-7-5-4-6-8-13/h4-8,12,14-16H,3,9-11H2,1-2H3. The highest BCUT2D eigenvalue weighted by Crippen LogP contribution is 2.32. The van der Waals surface area contributed by atoms with Crippen LogP contribution in [0.25, 0.3) is 0 Å². The van der Waals surface area contributed by atoms with E-state index < -0.39 is 0 Å². The predicted octanol–water partition coefficient (Wildman–Crippen LogP) is 3.40. The van der Waals surface area contributed by atoms with Crippen molar-refractivity contribution in [1.82, 2.24) is 5.32 Å². The summed E-state index contributed by atoms with van der Waals surface area (Å²) in [5.74, 6) is 0.949. The minimum absolute atomic E-state index is 0.637. The third kappa shape index (κ3) is 3.34. The Labute approximate surface area is 99.3 Å². The van der Waals surface area contributed by atoms with Gasteiger partial charge in [-0.15, -0.1) is 0 Å². The van der Waals surface area contributed by atoms with E-state index in [1.807, 2.05) is 0 Å².